The lowest BCUT2D eigenvalue weighted by Crippen LogP contribution is -2.39. The van der Waals surface area contributed by atoms with Gasteiger partial charge in [-0.05, 0) is 36.2 Å². The van der Waals surface area contributed by atoms with E-state index in [9.17, 15) is 4.79 Å². The summed E-state index contributed by atoms with van der Waals surface area (Å²) in [4.78, 5) is 12.8. The van der Waals surface area contributed by atoms with E-state index in [1.165, 1.54) is 0 Å². The molecule has 0 aromatic heterocycles. The van der Waals surface area contributed by atoms with Crippen LogP contribution in [0, 0.1) is 0 Å². The van der Waals surface area contributed by atoms with E-state index in [0.29, 0.717) is 15.8 Å². The van der Waals surface area contributed by atoms with Gasteiger partial charge >= 0.3 is 0 Å². The van der Waals surface area contributed by atoms with Crippen LogP contribution < -0.4 is 10.1 Å². The first-order chi connectivity index (χ1) is 13.0. The number of halogens is 2. The van der Waals surface area contributed by atoms with Crippen molar-refractivity contribution in [2.24, 2.45) is 0 Å². The normalized spacial score (nSPS) is 11.9. The average molecular weight is 400 g/mol. The van der Waals surface area contributed by atoms with E-state index in [1.54, 1.807) is 25.1 Å². The molecule has 138 valence electrons. The van der Waals surface area contributed by atoms with Crippen LogP contribution in [-0.2, 0) is 4.79 Å². The fourth-order valence-corrected chi connectivity index (χ4v) is 3.18. The van der Waals surface area contributed by atoms with Gasteiger partial charge in [-0.15, -0.1) is 0 Å². The predicted molar refractivity (Wildman–Crippen MR) is 109 cm³/mol. The van der Waals surface area contributed by atoms with Crippen LogP contribution in [0.25, 0.3) is 0 Å². The summed E-state index contributed by atoms with van der Waals surface area (Å²) in [6, 6.07) is 24.3. The summed E-state index contributed by atoms with van der Waals surface area (Å²) in [7, 11) is 0. The summed E-state index contributed by atoms with van der Waals surface area (Å²) >= 11 is 12.0. The number of carbonyl (C=O) groups excluding carboxylic acids is 1. The zero-order chi connectivity index (χ0) is 19.2. The zero-order valence-corrected chi connectivity index (χ0v) is 16.2. The highest BCUT2D eigenvalue weighted by Crippen LogP contribution is 2.28. The SMILES string of the molecule is C[C@@H](Oc1ccc(Cl)cc1Cl)C(=O)NC(c1ccccc1)c1ccccc1. The van der Waals surface area contributed by atoms with Crippen molar-refractivity contribution in [1.82, 2.24) is 5.32 Å². The quantitative estimate of drug-likeness (QED) is 0.579. The zero-order valence-electron chi connectivity index (χ0n) is 14.7. The van der Waals surface area contributed by atoms with Crippen LogP contribution in [0.3, 0.4) is 0 Å². The van der Waals surface area contributed by atoms with Gasteiger partial charge in [0.2, 0.25) is 0 Å². The first-order valence-electron chi connectivity index (χ1n) is 8.56. The van der Waals surface area contributed by atoms with Crippen LogP contribution in [0.1, 0.15) is 24.1 Å². The number of ether oxygens (including phenoxy) is 1. The molecule has 1 atom stereocenters. The summed E-state index contributed by atoms with van der Waals surface area (Å²) in [6.45, 7) is 1.69. The Labute approximate surface area is 168 Å². The van der Waals surface area contributed by atoms with Crippen molar-refractivity contribution in [2.45, 2.75) is 19.1 Å². The Morgan fingerprint density at radius 2 is 1.44 bits per heavy atom. The van der Waals surface area contributed by atoms with Crippen molar-refractivity contribution in [2.75, 3.05) is 0 Å². The Hall–Kier alpha value is -2.49. The van der Waals surface area contributed by atoms with E-state index in [2.05, 4.69) is 5.32 Å². The van der Waals surface area contributed by atoms with Gasteiger partial charge in [-0.3, -0.25) is 4.79 Å². The maximum absolute atomic E-state index is 12.8. The largest absolute Gasteiger partial charge is 0.479 e. The Balaban J connectivity index is 1.78. The third-order valence-electron chi connectivity index (χ3n) is 4.12. The van der Waals surface area contributed by atoms with Crippen molar-refractivity contribution >= 4 is 29.1 Å². The Morgan fingerprint density at radius 1 is 0.889 bits per heavy atom. The Kier molecular flexibility index (Phi) is 6.38. The van der Waals surface area contributed by atoms with Crippen molar-refractivity contribution < 1.29 is 9.53 Å². The maximum atomic E-state index is 12.8. The molecule has 1 N–H and O–H groups in total. The smallest absolute Gasteiger partial charge is 0.261 e. The molecule has 0 heterocycles. The second-order valence-electron chi connectivity index (χ2n) is 6.10. The molecule has 3 aromatic carbocycles. The number of amides is 1. The van der Waals surface area contributed by atoms with Crippen molar-refractivity contribution in [3.8, 4) is 5.75 Å². The molecule has 0 saturated heterocycles. The Morgan fingerprint density at radius 3 is 1.96 bits per heavy atom. The van der Waals surface area contributed by atoms with Crippen LogP contribution in [0.2, 0.25) is 10.0 Å². The van der Waals surface area contributed by atoms with E-state index in [-0.39, 0.29) is 11.9 Å². The van der Waals surface area contributed by atoms with Gasteiger partial charge in [-0.25, -0.2) is 0 Å². The molecule has 0 radical (unpaired) electrons. The summed E-state index contributed by atoms with van der Waals surface area (Å²) < 4.78 is 5.73. The molecule has 3 aromatic rings. The van der Waals surface area contributed by atoms with Gasteiger partial charge in [-0.2, -0.15) is 0 Å². The fraction of sp³-hybridized carbons (Fsp3) is 0.136. The van der Waals surface area contributed by atoms with Gasteiger partial charge < -0.3 is 10.1 Å². The highest BCUT2D eigenvalue weighted by molar-refractivity contribution is 6.35. The monoisotopic (exact) mass is 399 g/mol. The summed E-state index contributed by atoms with van der Waals surface area (Å²) in [5, 5.41) is 3.94. The lowest BCUT2D eigenvalue weighted by molar-refractivity contribution is -0.127. The predicted octanol–water partition coefficient (Wildman–Crippen LogP) is 5.67. The number of nitrogens with one attached hydrogen (secondary N) is 1. The van der Waals surface area contributed by atoms with E-state index in [1.807, 2.05) is 60.7 Å². The summed E-state index contributed by atoms with van der Waals surface area (Å²) in [5.41, 5.74) is 1.99. The molecule has 1 amide bonds. The van der Waals surface area contributed by atoms with Crippen molar-refractivity contribution in [3.63, 3.8) is 0 Å². The van der Waals surface area contributed by atoms with Gasteiger partial charge in [0.05, 0.1) is 11.1 Å². The minimum atomic E-state index is -0.724. The average Bonchev–Trinajstić information content (AvgIpc) is 2.69. The molecule has 0 spiro atoms. The van der Waals surface area contributed by atoms with Crippen molar-refractivity contribution in [3.05, 3.63) is 100 Å². The van der Waals surface area contributed by atoms with E-state index in [0.717, 1.165) is 11.1 Å². The molecule has 5 heteroatoms. The molecule has 0 aliphatic heterocycles. The lowest BCUT2D eigenvalue weighted by Gasteiger charge is -2.23. The molecule has 0 bridgehead atoms. The molecule has 0 unspecified atom stereocenters. The minimum Gasteiger partial charge on any atom is -0.479 e. The fourth-order valence-electron chi connectivity index (χ4n) is 2.72. The lowest BCUT2D eigenvalue weighted by atomic mass is 9.98. The summed E-state index contributed by atoms with van der Waals surface area (Å²) in [6.07, 6.45) is -0.724. The second kappa shape index (κ2) is 8.94. The number of hydrogen-bond donors (Lipinski definition) is 1. The van der Waals surface area contributed by atoms with E-state index < -0.39 is 6.10 Å². The van der Waals surface area contributed by atoms with Crippen LogP contribution in [-0.4, -0.2) is 12.0 Å². The molecular formula is C22H19Cl2NO2. The number of rotatable bonds is 6. The third-order valence-corrected chi connectivity index (χ3v) is 4.65. The van der Waals surface area contributed by atoms with E-state index >= 15 is 0 Å². The second-order valence-corrected chi connectivity index (χ2v) is 6.94. The topological polar surface area (TPSA) is 38.3 Å². The highest BCUT2D eigenvalue weighted by atomic mass is 35.5. The molecular weight excluding hydrogens is 381 g/mol. The maximum Gasteiger partial charge on any atom is 0.261 e. The van der Waals surface area contributed by atoms with Gasteiger partial charge in [0.15, 0.2) is 6.10 Å². The minimum absolute atomic E-state index is 0.237. The van der Waals surface area contributed by atoms with Gasteiger partial charge in [-0.1, -0.05) is 83.9 Å². The number of carbonyl (C=O) groups is 1. The number of hydrogen-bond acceptors (Lipinski definition) is 2. The summed E-state index contributed by atoms with van der Waals surface area (Å²) in [5.74, 6) is 0.179. The van der Waals surface area contributed by atoms with Gasteiger partial charge in [0, 0.05) is 5.02 Å². The molecule has 0 saturated carbocycles. The molecule has 3 rings (SSSR count). The molecule has 27 heavy (non-hydrogen) atoms. The van der Waals surface area contributed by atoms with Crippen LogP contribution in [0.5, 0.6) is 5.75 Å². The van der Waals surface area contributed by atoms with Crippen LogP contribution in [0.4, 0.5) is 0 Å². The highest BCUT2D eigenvalue weighted by Gasteiger charge is 2.22. The first-order valence-corrected chi connectivity index (χ1v) is 9.32. The van der Waals surface area contributed by atoms with Crippen LogP contribution in [0.15, 0.2) is 78.9 Å². The number of benzene rings is 3. The Bertz CT molecular complexity index is 861. The van der Waals surface area contributed by atoms with Crippen molar-refractivity contribution in [1.29, 1.82) is 0 Å². The first kappa shape index (κ1) is 19.3. The van der Waals surface area contributed by atoms with E-state index in [4.69, 9.17) is 27.9 Å². The molecule has 3 nitrogen and oxygen atoms in total. The molecule has 0 fully saturated rings. The van der Waals surface area contributed by atoms with Gasteiger partial charge in [0.25, 0.3) is 5.91 Å². The van der Waals surface area contributed by atoms with Gasteiger partial charge in [0.1, 0.15) is 5.75 Å². The third kappa shape index (κ3) is 5.03. The standard InChI is InChI=1S/C22H19Cl2NO2/c1-15(27-20-13-12-18(23)14-19(20)24)22(26)25-21(16-8-4-2-5-9-16)17-10-6-3-7-11-17/h2-15,21H,1H3,(H,25,26)/t15-/m1/s1. The molecule has 0 aliphatic carbocycles. The van der Waals surface area contributed by atoms with Crippen LogP contribution >= 0.6 is 23.2 Å². The molecule has 0 aliphatic rings.